The third-order valence-corrected chi connectivity index (χ3v) is 5.58. The second-order valence-corrected chi connectivity index (χ2v) is 7.66. The Hall–Kier alpha value is -3.48. The Bertz CT molecular complexity index is 1270. The number of ether oxygens (including phenoxy) is 2. The molecule has 0 spiro atoms. The molecule has 0 aliphatic rings. The summed E-state index contributed by atoms with van der Waals surface area (Å²) in [6, 6.07) is 19.6. The number of anilines is 1. The number of nitrogens with zero attached hydrogens (tertiary/aromatic N) is 2. The first kappa shape index (κ1) is 21.7. The highest BCUT2D eigenvalue weighted by Crippen LogP contribution is 2.32. The molecule has 1 aromatic heterocycles. The Morgan fingerprint density at radius 2 is 1.62 bits per heavy atom. The summed E-state index contributed by atoms with van der Waals surface area (Å²) in [6.45, 7) is 0. The molecule has 1 heterocycles. The normalized spacial score (nSPS) is 10.6. The maximum absolute atomic E-state index is 12.5. The molecule has 162 valence electrons. The van der Waals surface area contributed by atoms with Crippen LogP contribution in [0.4, 0.5) is 5.69 Å². The van der Waals surface area contributed by atoms with Crippen LogP contribution in [0.15, 0.2) is 72.9 Å². The number of amides is 1. The van der Waals surface area contributed by atoms with Gasteiger partial charge in [-0.2, -0.15) is 5.10 Å². The van der Waals surface area contributed by atoms with Gasteiger partial charge < -0.3 is 14.8 Å². The number of hydrogen-bond acceptors (Lipinski definition) is 4. The molecule has 1 amide bonds. The monoisotopic (exact) mass is 467 g/mol. The summed E-state index contributed by atoms with van der Waals surface area (Å²) in [5, 5.41) is 8.25. The fourth-order valence-electron chi connectivity index (χ4n) is 3.16. The minimum Gasteiger partial charge on any atom is -0.493 e. The van der Waals surface area contributed by atoms with Crippen LogP contribution in [0.2, 0.25) is 10.0 Å². The molecular formula is C24H19Cl2N3O3. The van der Waals surface area contributed by atoms with Crippen molar-refractivity contribution in [3.8, 4) is 28.4 Å². The van der Waals surface area contributed by atoms with Crippen molar-refractivity contribution >= 4 is 34.8 Å². The van der Waals surface area contributed by atoms with Gasteiger partial charge in [0.2, 0.25) is 0 Å². The van der Waals surface area contributed by atoms with Gasteiger partial charge in [0.15, 0.2) is 11.5 Å². The molecule has 4 rings (SSSR count). The minimum absolute atomic E-state index is 0.249. The maximum atomic E-state index is 12.5. The molecule has 3 aromatic carbocycles. The Morgan fingerprint density at radius 1 is 0.875 bits per heavy atom. The number of hydrogen-bond donors (Lipinski definition) is 1. The summed E-state index contributed by atoms with van der Waals surface area (Å²) in [6.07, 6.45) is 1.86. The van der Waals surface area contributed by atoms with E-state index < -0.39 is 0 Å². The fraction of sp³-hybridized carbons (Fsp3) is 0.0833. The van der Waals surface area contributed by atoms with E-state index in [0.29, 0.717) is 32.8 Å². The lowest BCUT2D eigenvalue weighted by molar-refractivity contribution is 0.102. The van der Waals surface area contributed by atoms with Gasteiger partial charge in [-0.3, -0.25) is 4.79 Å². The molecular weight excluding hydrogens is 449 g/mol. The topological polar surface area (TPSA) is 65.4 Å². The van der Waals surface area contributed by atoms with E-state index in [4.69, 9.17) is 32.7 Å². The van der Waals surface area contributed by atoms with Crippen LogP contribution in [0.1, 0.15) is 10.4 Å². The van der Waals surface area contributed by atoms with Crippen molar-refractivity contribution in [3.05, 3.63) is 88.5 Å². The molecule has 32 heavy (non-hydrogen) atoms. The maximum Gasteiger partial charge on any atom is 0.255 e. The highest BCUT2D eigenvalue weighted by Gasteiger charge is 2.11. The van der Waals surface area contributed by atoms with Crippen molar-refractivity contribution in [1.29, 1.82) is 0 Å². The number of halogens is 2. The lowest BCUT2D eigenvalue weighted by atomic mass is 10.1. The summed E-state index contributed by atoms with van der Waals surface area (Å²) in [5.41, 5.74) is 3.58. The lowest BCUT2D eigenvalue weighted by Crippen LogP contribution is -2.12. The average molecular weight is 468 g/mol. The third kappa shape index (κ3) is 4.56. The molecule has 8 heteroatoms. The van der Waals surface area contributed by atoms with Gasteiger partial charge in [-0.15, -0.1) is 0 Å². The number of methoxy groups -OCH3 is 2. The Morgan fingerprint density at radius 3 is 2.31 bits per heavy atom. The van der Waals surface area contributed by atoms with Crippen LogP contribution in [0, 0.1) is 0 Å². The summed E-state index contributed by atoms with van der Waals surface area (Å²) in [7, 11) is 3.19. The third-order valence-electron chi connectivity index (χ3n) is 4.84. The van der Waals surface area contributed by atoms with Crippen LogP contribution in [-0.2, 0) is 0 Å². The van der Waals surface area contributed by atoms with Crippen LogP contribution in [0.3, 0.4) is 0 Å². The first-order valence-electron chi connectivity index (χ1n) is 9.63. The van der Waals surface area contributed by atoms with Crippen molar-refractivity contribution in [3.63, 3.8) is 0 Å². The van der Waals surface area contributed by atoms with E-state index in [2.05, 4.69) is 10.4 Å². The molecule has 4 aromatic rings. The van der Waals surface area contributed by atoms with Gasteiger partial charge in [0.1, 0.15) is 0 Å². The second-order valence-electron chi connectivity index (χ2n) is 6.85. The molecule has 0 aliphatic heterocycles. The Balaban J connectivity index is 1.50. The highest BCUT2D eigenvalue weighted by molar-refractivity contribution is 6.42. The van der Waals surface area contributed by atoms with Gasteiger partial charge in [0, 0.05) is 23.0 Å². The molecule has 1 N–H and O–H groups in total. The molecule has 0 saturated heterocycles. The van der Waals surface area contributed by atoms with Crippen molar-refractivity contribution in [2.24, 2.45) is 0 Å². The van der Waals surface area contributed by atoms with Gasteiger partial charge in [0.25, 0.3) is 5.91 Å². The zero-order chi connectivity index (χ0) is 22.7. The molecule has 0 aliphatic carbocycles. The van der Waals surface area contributed by atoms with Gasteiger partial charge in [-0.25, -0.2) is 4.68 Å². The average Bonchev–Trinajstić information content (AvgIpc) is 3.31. The van der Waals surface area contributed by atoms with Crippen LogP contribution in [0.25, 0.3) is 16.9 Å². The first-order chi connectivity index (χ1) is 15.5. The quantitative estimate of drug-likeness (QED) is 0.371. The van der Waals surface area contributed by atoms with Crippen molar-refractivity contribution in [2.45, 2.75) is 0 Å². The van der Waals surface area contributed by atoms with E-state index in [1.807, 2.05) is 42.6 Å². The molecule has 0 bridgehead atoms. The number of carbonyl (C=O) groups is 1. The molecule has 0 unspecified atom stereocenters. The first-order valence-corrected chi connectivity index (χ1v) is 10.4. The van der Waals surface area contributed by atoms with Gasteiger partial charge in [-0.1, -0.05) is 23.2 Å². The van der Waals surface area contributed by atoms with Crippen LogP contribution in [0.5, 0.6) is 11.5 Å². The molecule has 0 fully saturated rings. The number of benzene rings is 3. The molecule has 0 radical (unpaired) electrons. The van der Waals surface area contributed by atoms with Crippen LogP contribution >= 0.6 is 23.2 Å². The summed E-state index contributed by atoms with van der Waals surface area (Å²) >= 11 is 11.9. The standard InChI is InChI=1S/C24H19Cl2N3O3/c1-31-22-10-5-16(13-23(22)32-2)21-11-12-29(28-21)18-7-3-15(4-8-18)24(30)27-17-6-9-19(25)20(26)14-17/h3-14H,1-2H3,(H,27,30). The minimum atomic E-state index is -0.249. The predicted molar refractivity (Wildman–Crippen MR) is 127 cm³/mol. The van der Waals surface area contributed by atoms with E-state index in [1.165, 1.54) is 0 Å². The molecule has 6 nitrogen and oxygen atoms in total. The predicted octanol–water partition coefficient (Wildman–Crippen LogP) is 6.12. The fourth-order valence-corrected chi connectivity index (χ4v) is 3.46. The van der Waals surface area contributed by atoms with Gasteiger partial charge >= 0.3 is 0 Å². The Kier molecular flexibility index (Phi) is 6.35. The van der Waals surface area contributed by atoms with E-state index in [9.17, 15) is 4.79 Å². The number of rotatable bonds is 6. The zero-order valence-electron chi connectivity index (χ0n) is 17.3. The molecule has 0 saturated carbocycles. The van der Waals surface area contributed by atoms with Gasteiger partial charge in [0.05, 0.1) is 35.6 Å². The second kappa shape index (κ2) is 9.34. The lowest BCUT2D eigenvalue weighted by Gasteiger charge is -2.08. The number of aromatic nitrogens is 2. The van der Waals surface area contributed by atoms with E-state index in [0.717, 1.165) is 16.9 Å². The zero-order valence-corrected chi connectivity index (χ0v) is 18.8. The van der Waals surface area contributed by atoms with Crippen LogP contribution in [-0.4, -0.2) is 29.9 Å². The Labute approximate surface area is 195 Å². The summed E-state index contributed by atoms with van der Waals surface area (Å²) in [4.78, 5) is 12.5. The van der Waals surface area contributed by atoms with E-state index in [1.54, 1.807) is 49.2 Å². The van der Waals surface area contributed by atoms with E-state index in [-0.39, 0.29) is 5.91 Å². The van der Waals surface area contributed by atoms with Gasteiger partial charge in [-0.05, 0) is 66.7 Å². The van der Waals surface area contributed by atoms with Crippen molar-refractivity contribution in [1.82, 2.24) is 9.78 Å². The summed E-state index contributed by atoms with van der Waals surface area (Å²) in [5.74, 6) is 1.05. The SMILES string of the molecule is COc1ccc(-c2ccn(-c3ccc(C(=O)Nc4ccc(Cl)c(Cl)c4)cc3)n2)cc1OC. The largest absolute Gasteiger partial charge is 0.493 e. The molecule has 0 atom stereocenters. The van der Waals surface area contributed by atoms with Crippen LogP contribution < -0.4 is 14.8 Å². The van der Waals surface area contributed by atoms with Crippen molar-refractivity contribution < 1.29 is 14.3 Å². The van der Waals surface area contributed by atoms with Crippen molar-refractivity contribution in [2.75, 3.05) is 19.5 Å². The number of carbonyl (C=O) groups excluding carboxylic acids is 1. The smallest absolute Gasteiger partial charge is 0.255 e. The summed E-state index contributed by atoms with van der Waals surface area (Å²) < 4.78 is 12.4. The van der Waals surface area contributed by atoms with E-state index >= 15 is 0 Å². The highest BCUT2D eigenvalue weighted by atomic mass is 35.5. The number of nitrogens with one attached hydrogen (secondary N) is 1.